The number of carbonyl (C=O) groups excluding carboxylic acids is 1. The van der Waals surface area contributed by atoms with Crippen LogP contribution in [0.2, 0.25) is 0 Å². The first kappa shape index (κ1) is 14.0. The summed E-state index contributed by atoms with van der Waals surface area (Å²) in [5.41, 5.74) is 1.82. The highest BCUT2D eigenvalue weighted by Gasteiger charge is 2.08. The maximum atomic E-state index is 11.8. The van der Waals surface area contributed by atoms with Crippen LogP contribution in [0.3, 0.4) is 0 Å². The monoisotopic (exact) mass is 284 g/mol. The van der Waals surface area contributed by atoms with Gasteiger partial charge in [0.1, 0.15) is 6.07 Å². The number of nitrogens with one attached hydrogen (secondary N) is 1. The lowest BCUT2D eigenvalue weighted by atomic mass is 10.2. The molecule has 0 saturated carbocycles. The van der Waals surface area contributed by atoms with Crippen molar-refractivity contribution in [2.45, 2.75) is 12.1 Å². The van der Waals surface area contributed by atoms with Crippen molar-refractivity contribution in [3.63, 3.8) is 0 Å². The Morgan fingerprint density at radius 3 is 2.95 bits per heavy atom. The summed E-state index contributed by atoms with van der Waals surface area (Å²) in [4.78, 5) is 20.1. The number of benzene rings is 1. The summed E-state index contributed by atoms with van der Waals surface area (Å²) in [6.07, 6.45) is 1.66. The molecule has 2 rings (SSSR count). The predicted octanol–water partition coefficient (Wildman–Crippen LogP) is 2.39. The molecule has 5 nitrogen and oxygen atoms in total. The average Bonchev–Trinajstić information content (AvgIpc) is 2.46. The number of thioether (sulfide) groups is 1. The van der Waals surface area contributed by atoms with E-state index in [-0.39, 0.29) is 11.7 Å². The van der Waals surface area contributed by atoms with Crippen LogP contribution >= 0.6 is 11.8 Å². The molecule has 2 aromatic rings. The maximum Gasteiger partial charge on any atom is 0.234 e. The normalized spacial score (nSPS) is 9.80. The van der Waals surface area contributed by atoms with Crippen molar-refractivity contribution in [3.8, 4) is 6.07 Å². The number of carbonyl (C=O) groups is 1. The van der Waals surface area contributed by atoms with Crippen molar-refractivity contribution < 1.29 is 4.79 Å². The number of aromatic nitrogens is 2. The van der Waals surface area contributed by atoms with Gasteiger partial charge in [0.2, 0.25) is 5.91 Å². The molecule has 6 heteroatoms. The maximum absolute atomic E-state index is 11.8. The highest BCUT2D eigenvalue weighted by Crippen LogP contribution is 2.16. The molecule has 0 radical (unpaired) electrons. The molecule has 0 aliphatic rings. The molecule has 0 bridgehead atoms. The van der Waals surface area contributed by atoms with Gasteiger partial charge in [-0.15, -0.1) is 0 Å². The topological polar surface area (TPSA) is 78.7 Å². The van der Waals surface area contributed by atoms with E-state index in [0.29, 0.717) is 16.4 Å². The smallest absolute Gasteiger partial charge is 0.234 e. The van der Waals surface area contributed by atoms with Crippen LogP contribution in [0.5, 0.6) is 0 Å². The number of hydrogen-bond donors (Lipinski definition) is 1. The lowest BCUT2D eigenvalue weighted by Crippen LogP contribution is -2.15. The third-order valence-corrected chi connectivity index (χ3v) is 3.29. The number of amides is 1. The van der Waals surface area contributed by atoms with E-state index in [0.717, 1.165) is 5.69 Å². The van der Waals surface area contributed by atoms with Gasteiger partial charge < -0.3 is 5.32 Å². The van der Waals surface area contributed by atoms with Gasteiger partial charge in [0.25, 0.3) is 0 Å². The second kappa shape index (κ2) is 6.68. The molecule has 1 heterocycles. The molecule has 0 unspecified atom stereocenters. The zero-order valence-corrected chi connectivity index (χ0v) is 11.6. The standard InChI is InChI=1S/C14H12N4OS/c1-10-6-7-16-14(17-10)20-9-13(19)18-12-5-3-2-4-11(12)8-15/h2-7H,9H2,1H3,(H,18,19). The van der Waals surface area contributed by atoms with Crippen LogP contribution in [0, 0.1) is 18.3 Å². The number of hydrogen-bond acceptors (Lipinski definition) is 5. The Morgan fingerprint density at radius 1 is 1.40 bits per heavy atom. The van der Waals surface area contributed by atoms with Crippen LogP contribution in [0.25, 0.3) is 0 Å². The molecule has 20 heavy (non-hydrogen) atoms. The Labute approximate surface area is 121 Å². The number of rotatable bonds is 4. The molecule has 0 fully saturated rings. The van der Waals surface area contributed by atoms with E-state index in [1.807, 2.05) is 13.0 Å². The summed E-state index contributed by atoms with van der Waals surface area (Å²) in [6.45, 7) is 1.87. The first-order chi connectivity index (χ1) is 9.69. The van der Waals surface area contributed by atoms with Gasteiger partial charge in [-0.3, -0.25) is 4.79 Å². The van der Waals surface area contributed by atoms with Gasteiger partial charge >= 0.3 is 0 Å². The fraction of sp³-hybridized carbons (Fsp3) is 0.143. The van der Waals surface area contributed by atoms with Crippen molar-refractivity contribution in [2.24, 2.45) is 0 Å². The van der Waals surface area contributed by atoms with Crippen molar-refractivity contribution in [3.05, 3.63) is 47.8 Å². The van der Waals surface area contributed by atoms with E-state index < -0.39 is 0 Å². The average molecular weight is 284 g/mol. The summed E-state index contributed by atoms with van der Waals surface area (Å²) in [7, 11) is 0. The Morgan fingerprint density at radius 2 is 2.20 bits per heavy atom. The number of nitriles is 1. The Bertz CT molecular complexity index is 666. The van der Waals surface area contributed by atoms with Crippen molar-refractivity contribution in [2.75, 3.05) is 11.1 Å². The molecule has 0 aliphatic heterocycles. The quantitative estimate of drug-likeness (QED) is 0.689. The molecule has 0 atom stereocenters. The molecule has 1 aromatic carbocycles. The molecule has 1 N–H and O–H groups in total. The fourth-order valence-electron chi connectivity index (χ4n) is 1.50. The molecule has 1 aromatic heterocycles. The summed E-state index contributed by atoms with van der Waals surface area (Å²) >= 11 is 1.26. The van der Waals surface area contributed by atoms with E-state index in [4.69, 9.17) is 5.26 Å². The fourth-order valence-corrected chi connectivity index (χ4v) is 2.18. The van der Waals surface area contributed by atoms with Gasteiger partial charge in [0.15, 0.2) is 5.16 Å². The Kier molecular flexibility index (Phi) is 4.69. The molecule has 1 amide bonds. The highest BCUT2D eigenvalue weighted by molar-refractivity contribution is 7.99. The highest BCUT2D eigenvalue weighted by atomic mass is 32.2. The van der Waals surface area contributed by atoms with Gasteiger partial charge in [0.05, 0.1) is 17.0 Å². The van der Waals surface area contributed by atoms with Crippen LogP contribution in [0.1, 0.15) is 11.3 Å². The van der Waals surface area contributed by atoms with Gasteiger partial charge in [-0.05, 0) is 25.1 Å². The Balaban J connectivity index is 1.95. The lowest BCUT2D eigenvalue weighted by molar-refractivity contribution is -0.113. The van der Waals surface area contributed by atoms with Gasteiger partial charge in [-0.2, -0.15) is 5.26 Å². The minimum absolute atomic E-state index is 0.192. The first-order valence-corrected chi connectivity index (χ1v) is 6.89. The minimum Gasteiger partial charge on any atom is -0.324 e. The number of para-hydroxylation sites is 1. The van der Waals surface area contributed by atoms with E-state index in [2.05, 4.69) is 15.3 Å². The molecule has 100 valence electrons. The summed E-state index contributed by atoms with van der Waals surface area (Å²) < 4.78 is 0. The predicted molar refractivity (Wildman–Crippen MR) is 77.3 cm³/mol. The second-order valence-electron chi connectivity index (χ2n) is 3.97. The summed E-state index contributed by atoms with van der Waals surface area (Å²) in [5.74, 6) is 0.00579. The van der Waals surface area contributed by atoms with Crippen molar-refractivity contribution in [1.82, 2.24) is 9.97 Å². The second-order valence-corrected chi connectivity index (χ2v) is 4.92. The molecule has 0 spiro atoms. The largest absolute Gasteiger partial charge is 0.324 e. The number of anilines is 1. The van der Waals surface area contributed by atoms with Crippen molar-refractivity contribution in [1.29, 1.82) is 5.26 Å². The zero-order chi connectivity index (χ0) is 14.4. The van der Waals surface area contributed by atoms with Gasteiger partial charge in [-0.25, -0.2) is 9.97 Å². The van der Waals surface area contributed by atoms with Crippen LogP contribution in [0.15, 0.2) is 41.7 Å². The van der Waals surface area contributed by atoms with Gasteiger partial charge in [0, 0.05) is 11.9 Å². The molecule has 0 saturated heterocycles. The van der Waals surface area contributed by atoms with Crippen LogP contribution in [-0.2, 0) is 4.79 Å². The van der Waals surface area contributed by atoms with E-state index in [1.165, 1.54) is 11.8 Å². The summed E-state index contributed by atoms with van der Waals surface area (Å²) in [6, 6.07) is 10.7. The minimum atomic E-state index is -0.192. The van der Waals surface area contributed by atoms with Gasteiger partial charge in [-0.1, -0.05) is 23.9 Å². The first-order valence-electron chi connectivity index (χ1n) is 5.90. The molecular formula is C14H12N4OS. The van der Waals surface area contributed by atoms with Crippen LogP contribution < -0.4 is 5.32 Å². The van der Waals surface area contributed by atoms with E-state index in [1.54, 1.807) is 36.5 Å². The molecular weight excluding hydrogens is 272 g/mol. The SMILES string of the molecule is Cc1ccnc(SCC(=O)Nc2ccccc2C#N)n1. The third-order valence-electron chi connectivity index (χ3n) is 2.43. The van der Waals surface area contributed by atoms with Crippen LogP contribution in [0.4, 0.5) is 5.69 Å². The van der Waals surface area contributed by atoms with Crippen molar-refractivity contribution >= 4 is 23.4 Å². The lowest BCUT2D eigenvalue weighted by Gasteiger charge is -2.06. The van der Waals surface area contributed by atoms with Crippen LogP contribution in [-0.4, -0.2) is 21.6 Å². The number of aryl methyl sites for hydroxylation is 1. The number of nitrogens with zero attached hydrogens (tertiary/aromatic N) is 3. The van der Waals surface area contributed by atoms with E-state index >= 15 is 0 Å². The molecule has 0 aliphatic carbocycles. The Hall–Kier alpha value is -2.39. The van der Waals surface area contributed by atoms with E-state index in [9.17, 15) is 4.79 Å². The third kappa shape index (κ3) is 3.80. The zero-order valence-electron chi connectivity index (χ0n) is 10.8. The summed E-state index contributed by atoms with van der Waals surface area (Å²) in [5, 5.41) is 12.2.